The molecule has 0 aliphatic heterocycles. The maximum atomic E-state index is 9.52. The van der Waals surface area contributed by atoms with Crippen LogP contribution in [0.25, 0.3) is 0 Å². The van der Waals surface area contributed by atoms with Gasteiger partial charge in [-0.3, -0.25) is 0 Å². The summed E-state index contributed by atoms with van der Waals surface area (Å²) >= 11 is 0. The number of imidazole rings is 1. The average Bonchev–Trinajstić information content (AvgIpc) is 2.60. The largest absolute Gasteiger partial charge is 0.748 e. The zero-order chi connectivity index (χ0) is 13.3. The van der Waals surface area contributed by atoms with E-state index >= 15 is 0 Å². The Balaban J connectivity index is 0.000000325. The summed E-state index contributed by atoms with van der Waals surface area (Å²) in [5.41, 5.74) is 0. The van der Waals surface area contributed by atoms with Crippen LogP contribution in [0.5, 0.6) is 0 Å². The molecule has 0 spiro atoms. The van der Waals surface area contributed by atoms with Gasteiger partial charge in [0.1, 0.15) is 12.4 Å². The van der Waals surface area contributed by atoms with E-state index in [4.69, 9.17) is 5.11 Å². The number of nitrogens with zero attached hydrogens (tertiary/aromatic N) is 2. The normalized spacial score (nSPS) is 10.8. The first-order chi connectivity index (χ1) is 7.89. The van der Waals surface area contributed by atoms with Crippen molar-refractivity contribution in [2.45, 2.75) is 26.3 Å². The van der Waals surface area contributed by atoms with Gasteiger partial charge in [0.15, 0.2) is 0 Å². The van der Waals surface area contributed by atoms with Crippen molar-refractivity contribution >= 4 is 10.1 Å². The summed E-state index contributed by atoms with van der Waals surface area (Å²) in [6.07, 6.45) is 8.82. The maximum absolute atomic E-state index is 9.52. The third-order valence-electron chi connectivity index (χ3n) is 1.93. The van der Waals surface area contributed by atoms with Gasteiger partial charge in [-0.15, -0.1) is 0 Å². The summed E-state index contributed by atoms with van der Waals surface area (Å²) in [7, 11) is -2.13. The number of aromatic nitrogens is 2. The van der Waals surface area contributed by atoms with Crippen LogP contribution >= 0.6 is 0 Å². The predicted octanol–water partition coefficient (Wildman–Crippen LogP) is -0.363. The van der Waals surface area contributed by atoms with Gasteiger partial charge in [0.05, 0.1) is 36.1 Å². The Bertz CT molecular complexity index is 400. The first-order valence-electron chi connectivity index (χ1n) is 5.44. The molecular weight excluding hydrogens is 244 g/mol. The van der Waals surface area contributed by atoms with Crippen molar-refractivity contribution in [1.29, 1.82) is 0 Å². The maximum Gasteiger partial charge on any atom is 0.243 e. The first kappa shape index (κ1) is 16.1. The van der Waals surface area contributed by atoms with E-state index in [-0.39, 0.29) is 0 Å². The standard InChI is InChI=1S/C8H15N2.C2H6O4S/c1-3-4-5-10-7-6-9(2)8-10;3-1-2-7(4,5)6/h6-8H,3-5H2,1-2H3;3H,1-2H2,(H,4,5,6)/q+1;/p-1. The van der Waals surface area contributed by atoms with Crippen molar-refractivity contribution in [2.75, 3.05) is 12.4 Å². The molecule has 0 saturated heterocycles. The third kappa shape index (κ3) is 9.98. The molecule has 0 fully saturated rings. The van der Waals surface area contributed by atoms with Gasteiger partial charge < -0.3 is 9.66 Å². The first-order valence-corrected chi connectivity index (χ1v) is 7.02. The molecule has 1 rings (SSSR count). The van der Waals surface area contributed by atoms with Crippen LogP contribution in [0.2, 0.25) is 0 Å². The van der Waals surface area contributed by atoms with Crippen LogP contribution in [0.1, 0.15) is 19.8 Å². The molecule has 17 heavy (non-hydrogen) atoms. The fourth-order valence-corrected chi connectivity index (χ4v) is 1.31. The van der Waals surface area contributed by atoms with Crippen LogP contribution in [0.15, 0.2) is 18.7 Å². The summed E-state index contributed by atoms with van der Waals surface area (Å²) < 4.78 is 32.8. The zero-order valence-electron chi connectivity index (χ0n) is 10.2. The van der Waals surface area contributed by atoms with Crippen LogP contribution in [-0.4, -0.2) is 35.0 Å². The lowest BCUT2D eigenvalue weighted by atomic mass is 10.3. The lowest BCUT2D eigenvalue weighted by Gasteiger charge is -2.00. The lowest BCUT2D eigenvalue weighted by molar-refractivity contribution is -0.696. The Labute approximate surface area is 102 Å². The second-order valence-electron chi connectivity index (χ2n) is 3.66. The van der Waals surface area contributed by atoms with Gasteiger partial charge in [0, 0.05) is 0 Å². The number of hydrogen-bond acceptors (Lipinski definition) is 4. The van der Waals surface area contributed by atoms with Gasteiger partial charge in [-0.1, -0.05) is 13.3 Å². The van der Waals surface area contributed by atoms with E-state index in [1.807, 2.05) is 7.05 Å². The number of unbranched alkanes of at least 4 members (excludes halogenated alkanes) is 1. The summed E-state index contributed by atoms with van der Waals surface area (Å²) in [5, 5.41) is 7.82. The van der Waals surface area contributed by atoms with E-state index in [0.29, 0.717) is 0 Å². The monoisotopic (exact) mass is 264 g/mol. The van der Waals surface area contributed by atoms with E-state index in [9.17, 15) is 13.0 Å². The fraction of sp³-hybridized carbons (Fsp3) is 0.700. The molecule has 7 heteroatoms. The molecule has 1 heterocycles. The van der Waals surface area contributed by atoms with Gasteiger partial charge in [0.2, 0.25) is 6.33 Å². The van der Waals surface area contributed by atoms with Crippen molar-refractivity contribution in [1.82, 2.24) is 4.57 Å². The van der Waals surface area contributed by atoms with E-state index in [1.165, 1.54) is 12.8 Å². The Hall–Kier alpha value is -0.920. The van der Waals surface area contributed by atoms with Crippen molar-refractivity contribution in [3.8, 4) is 0 Å². The highest BCUT2D eigenvalue weighted by atomic mass is 32.2. The second-order valence-corrected chi connectivity index (χ2v) is 5.18. The second kappa shape index (κ2) is 8.21. The Kier molecular flexibility index (Phi) is 7.77. The van der Waals surface area contributed by atoms with Crippen molar-refractivity contribution < 1.29 is 22.6 Å². The molecule has 6 nitrogen and oxygen atoms in total. The molecule has 0 atom stereocenters. The molecule has 0 saturated carbocycles. The minimum atomic E-state index is -4.17. The highest BCUT2D eigenvalue weighted by Gasteiger charge is 1.96. The van der Waals surface area contributed by atoms with Crippen molar-refractivity contribution in [2.24, 2.45) is 7.05 Å². The molecular formula is C10H20N2O4S. The van der Waals surface area contributed by atoms with Gasteiger partial charge >= 0.3 is 0 Å². The molecule has 1 aromatic rings. The summed E-state index contributed by atoms with van der Waals surface area (Å²) in [5.74, 6) is -0.688. The molecule has 100 valence electrons. The Morgan fingerprint density at radius 1 is 1.47 bits per heavy atom. The van der Waals surface area contributed by atoms with Crippen molar-refractivity contribution in [3.05, 3.63) is 18.7 Å². The van der Waals surface area contributed by atoms with Gasteiger partial charge in [0.25, 0.3) is 0 Å². The molecule has 0 unspecified atom stereocenters. The van der Waals surface area contributed by atoms with Crippen LogP contribution < -0.4 is 4.57 Å². The number of aryl methyl sites for hydroxylation is 2. The topological polar surface area (TPSA) is 86.2 Å². The third-order valence-corrected chi connectivity index (χ3v) is 2.62. The molecule has 1 aromatic heterocycles. The average molecular weight is 264 g/mol. The highest BCUT2D eigenvalue weighted by molar-refractivity contribution is 7.85. The van der Waals surface area contributed by atoms with E-state index in [1.54, 1.807) is 0 Å². The van der Waals surface area contributed by atoms with E-state index in [0.717, 1.165) is 6.54 Å². The quantitative estimate of drug-likeness (QED) is 0.581. The molecule has 0 bridgehead atoms. The smallest absolute Gasteiger partial charge is 0.243 e. The molecule has 1 N–H and O–H groups in total. The van der Waals surface area contributed by atoms with Crippen LogP contribution in [0, 0.1) is 0 Å². The Morgan fingerprint density at radius 2 is 2.12 bits per heavy atom. The van der Waals surface area contributed by atoms with Crippen LogP contribution in [0.4, 0.5) is 0 Å². The van der Waals surface area contributed by atoms with Gasteiger partial charge in [-0.2, -0.15) is 0 Å². The number of hydrogen-bond donors (Lipinski definition) is 1. The number of rotatable bonds is 5. The lowest BCUT2D eigenvalue weighted by Crippen LogP contribution is -2.30. The SMILES string of the molecule is CCCC[n+]1ccn(C)c1.O=S(=O)([O-])CCO. The van der Waals surface area contributed by atoms with Crippen molar-refractivity contribution in [3.63, 3.8) is 0 Å². The molecule has 0 radical (unpaired) electrons. The summed E-state index contributed by atoms with van der Waals surface area (Å²) in [4.78, 5) is 0. The van der Waals surface area contributed by atoms with Gasteiger partial charge in [-0.05, 0) is 6.42 Å². The number of aliphatic hydroxyl groups excluding tert-OH is 1. The van der Waals surface area contributed by atoms with E-state index < -0.39 is 22.5 Å². The number of aliphatic hydroxyl groups is 1. The fourth-order valence-electron chi connectivity index (χ4n) is 1.09. The molecule has 0 aliphatic rings. The minimum absolute atomic E-state index is 0.591. The van der Waals surface area contributed by atoms with Crippen LogP contribution in [-0.2, 0) is 23.7 Å². The predicted molar refractivity (Wildman–Crippen MR) is 62.2 cm³/mol. The minimum Gasteiger partial charge on any atom is -0.748 e. The molecule has 0 aromatic carbocycles. The summed E-state index contributed by atoms with van der Waals surface area (Å²) in [6.45, 7) is 2.77. The van der Waals surface area contributed by atoms with Gasteiger partial charge in [-0.25, -0.2) is 17.6 Å². The van der Waals surface area contributed by atoms with Crippen LogP contribution in [0.3, 0.4) is 0 Å². The highest BCUT2D eigenvalue weighted by Crippen LogP contribution is 1.85. The van der Waals surface area contributed by atoms with E-state index in [2.05, 4.69) is 34.8 Å². The molecule has 0 amide bonds. The Morgan fingerprint density at radius 3 is 2.41 bits per heavy atom. The zero-order valence-corrected chi connectivity index (χ0v) is 11.1. The summed E-state index contributed by atoms with van der Waals surface area (Å²) in [6, 6.07) is 0. The molecule has 0 aliphatic carbocycles.